The second-order valence-electron chi connectivity index (χ2n) is 9.76. The first-order valence-corrected chi connectivity index (χ1v) is 12.5. The van der Waals surface area contributed by atoms with E-state index in [9.17, 15) is 18.0 Å². The predicted molar refractivity (Wildman–Crippen MR) is 143 cm³/mol. The van der Waals surface area contributed by atoms with Gasteiger partial charge in [-0.3, -0.25) is 14.5 Å². The summed E-state index contributed by atoms with van der Waals surface area (Å²) in [5.74, 6) is -0.526. The van der Waals surface area contributed by atoms with E-state index in [0.717, 1.165) is 34.7 Å². The normalized spacial score (nSPS) is 16.3. The summed E-state index contributed by atoms with van der Waals surface area (Å²) in [5, 5.41) is 8.58. The highest BCUT2D eigenvalue weighted by atomic mass is 19.4. The number of benzene rings is 1. The largest absolute Gasteiger partial charge is 0.416 e. The number of aryl methyl sites for hydroxylation is 2. The van der Waals surface area contributed by atoms with Crippen LogP contribution in [-0.2, 0) is 13.2 Å². The number of carbonyl (C=O) groups is 1. The highest BCUT2D eigenvalue weighted by Crippen LogP contribution is 2.33. The number of piperazine rings is 1. The van der Waals surface area contributed by atoms with Gasteiger partial charge in [-0.15, -0.1) is 5.53 Å². The third-order valence-electron chi connectivity index (χ3n) is 7.03. The number of carbonyl (C=O) groups excluding carboxylic acids is 1. The summed E-state index contributed by atoms with van der Waals surface area (Å²) in [6, 6.07) is 6.98. The molecule has 1 amide bonds. The van der Waals surface area contributed by atoms with Crippen molar-refractivity contribution in [1.29, 1.82) is 0 Å². The Morgan fingerprint density at radius 3 is 2.46 bits per heavy atom. The first-order chi connectivity index (χ1) is 18.5. The Kier molecular flexibility index (Phi) is 6.95. The zero-order valence-electron chi connectivity index (χ0n) is 22.1. The molecule has 0 saturated carbocycles. The lowest BCUT2D eigenvalue weighted by molar-refractivity contribution is -0.137. The highest BCUT2D eigenvalue weighted by molar-refractivity contribution is 6.04. The van der Waals surface area contributed by atoms with Gasteiger partial charge in [0.15, 0.2) is 0 Å². The lowest BCUT2D eigenvalue weighted by atomic mass is 10.1. The standard InChI is InChI=1S/C26H30F3N9O/c1-16-5-6-18(11-22(16)38-15-21(33-34-38)20-14-30-36(4)17(20)2)25(39)32-23-12-19(26(27,28)29)13-24(31-23)37-9-7-35(3)8-10-37/h5-6,11-15,33-34H,7-10H2,1-4H3,(H,31,32,39). The van der Waals surface area contributed by atoms with Crippen LogP contribution in [0.3, 0.4) is 0 Å². The quantitative estimate of drug-likeness (QED) is 0.453. The number of hydrazine groups is 2. The van der Waals surface area contributed by atoms with E-state index in [-0.39, 0.29) is 17.2 Å². The molecule has 2 aliphatic rings. The van der Waals surface area contributed by atoms with E-state index in [1.54, 1.807) is 39.0 Å². The molecule has 206 valence electrons. The van der Waals surface area contributed by atoms with Crippen LogP contribution in [0.4, 0.5) is 30.5 Å². The van der Waals surface area contributed by atoms with Crippen LogP contribution in [0.25, 0.3) is 5.70 Å². The number of hydrogen-bond acceptors (Lipinski definition) is 8. The minimum atomic E-state index is -4.58. The average Bonchev–Trinajstić information content (AvgIpc) is 3.50. The summed E-state index contributed by atoms with van der Waals surface area (Å²) >= 11 is 0. The van der Waals surface area contributed by atoms with Gasteiger partial charge in [-0.05, 0) is 50.7 Å². The van der Waals surface area contributed by atoms with Crippen molar-refractivity contribution in [2.24, 2.45) is 7.05 Å². The number of nitrogens with zero attached hydrogens (tertiary/aromatic N) is 6. The number of pyridine rings is 1. The van der Waals surface area contributed by atoms with Crippen molar-refractivity contribution in [1.82, 2.24) is 30.6 Å². The average molecular weight is 542 g/mol. The Labute approximate surface area is 224 Å². The molecular formula is C26H30F3N9O. The molecule has 0 spiro atoms. The first-order valence-electron chi connectivity index (χ1n) is 12.5. The molecule has 5 rings (SSSR count). The fourth-order valence-electron chi connectivity index (χ4n) is 4.48. The van der Waals surface area contributed by atoms with E-state index in [1.807, 2.05) is 34.1 Å². The molecule has 4 heterocycles. The van der Waals surface area contributed by atoms with E-state index in [0.29, 0.717) is 31.9 Å². The molecule has 3 aromatic rings. The SMILES string of the molecule is Cc1ccc(C(=O)Nc2cc(C(F)(F)F)cc(N3CCN(C)CC3)n2)cc1N1C=C(c2cnn(C)c2C)NN1. The van der Waals surface area contributed by atoms with Gasteiger partial charge in [-0.2, -0.15) is 18.3 Å². The fourth-order valence-corrected chi connectivity index (χ4v) is 4.48. The van der Waals surface area contributed by atoms with Crippen molar-refractivity contribution >= 4 is 28.9 Å². The fraction of sp³-hybridized carbons (Fsp3) is 0.346. The summed E-state index contributed by atoms with van der Waals surface area (Å²) in [4.78, 5) is 21.4. The molecule has 0 aliphatic carbocycles. The molecule has 0 bridgehead atoms. The molecule has 2 aromatic heterocycles. The van der Waals surface area contributed by atoms with Crippen LogP contribution in [0.2, 0.25) is 0 Å². The van der Waals surface area contributed by atoms with Crippen LogP contribution in [0.15, 0.2) is 42.7 Å². The molecule has 1 fully saturated rings. The maximum absolute atomic E-state index is 13.7. The maximum Gasteiger partial charge on any atom is 0.416 e. The minimum absolute atomic E-state index is 0.152. The highest BCUT2D eigenvalue weighted by Gasteiger charge is 2.33. The van der Waals surface area contributed by atoms with Crippen molar-refractivity contribution in [3.63, 3.8) is 0 Å². The van der Waals surface area contributed by atoms with Gasteiger partial charge in [0.05, 0.1) is 23.1 Å². The van der Waals surface area contributed by atoms with E-state index in [1.165, 1.54) is 0 Å². The van der Waals surface area contributed by atoms with Gasteiger partial charge in [-0.25, -0.2) is 4.98 Å². The molecule has 0 radical (unpaired) electrons. The number of anilines is 3. The zero-order valence-corrected chi connectivity index (χ0v) is 22.1. The summed E-state index contributed by atoms with van der Waals surface area (Å²) in [6.45, 7) is 6.37. The molecule has 39 heavy (non-hydrogen) atoms. The summed E-state index contributed by atoms with van der Waals surface area (Å²) < 4.78 is 42.8. The van der Waals surface area contributed by atoms with Gasteiger partial charge in [0, 0.05) is 56.2 Å². The van der Waals surface area contributed by atoms with Gasteiger partial charge in [0.1, 0.15) is 11.6 Å². The van der Waals surface area contributed by atoms with Crippen LogP contribution in [0.1, 0.15) is 32.7 Å². The Bertz CT molecular complexity index is 1420. The van der Waals surface area contributed by atoms with Crippen LogP contribution in [0.5, 0.6) is 0 Å². The van der Waals surface area contributed by atoms with Gasteiger partial charge in [-0.1, -0.05) is 6.07 Å². The Balaban J connectivity index is 1.39. The van der Waals surface area contributed by atoms with Crippen molar-refractivity contribution in [3.05, 3.63) is 70.7 Å². The number of likely N-dealkylation sites (N-methyl/N-ethyl adjacent to an activating group) is 1. The van der Waals surface area contributed by atoms with Crippen LogP contribution in [0, 0.1) is 13.8 Å². The molecule has 1 saturated heterocycles. The number of amides is 1. The van der Waals surface area contributed by atoms with Gasteiger partial charge >= 0.3 is 6.18 Å². The first kappa shape index (κ1) is 26.5. The van der Waals surface area contributed by atoms with Crippen molar-refractivity contribution in [2.45, 2.75) is 20.0 Å². The third-order valence-corrected chi connectivity index (χ3v) is 7.03. The predicted octanol–water partition coefficient (Wildman–Crippen LogP) is 3.28. The van der Waals surface area contributed by atoms with Crippen molar-refractivity contribution < 1.29 is 18.0 Å². The monoisotopic (exact) mass is 541 g/mol. The lowest BCUT2D eigenvalue weighted by Crippen LogP contribution is -2.45. The van der Waals surface area contributed by atoms with E-state index >= 15 is 0 Å². The van der Waals surface area contributed by atoms with Crippen LogP contribution in [-0.4, -0.2) is 58.8 Å². The number of alkyl halides is 3. The molecule has 3 N–H and O–H groups in total. The topological polar surface area (TPSA) is 93.6 Å². The minimum Gasteiger partial charge on any atom is -0.354 e. The number of rotatable bonds is 5. The second-order valence-corrected chi connectivity index (χ2v) is 9.76. The second kappa shape index (κ2) is 10.2. The summed E-state index contributed by atoms with van der Waals surface area (Å²) in [5.41, 5.74) is 9.87. The number of hydrogen-bond donors (Lipinski definition) is 3. The smallest absolute Gasteiger partial charge is 0.354 e. The van der Waals surface area contributed by atoms with E-state index in [4.69, 9.17) is 0 Å². The number of halogens is 3. The van der Waals surface area contributed by atoms with Gasteiger partial charge in [0.2, 0.25) is 0 Å². The van der Waals surface area contributed by atoms with Gasteiger partial charge < -0.3 is 20.5 Å². The number of aromatic nitrogens is 3. The molecule has 13 heteroatoms. The van der Waals surface area contributed by atoms with E-state index in [2.05, 4.69) is 31.3 Å². The Morgan fingerprint density at radius 2 is 1.79 bits per heavy atom. The maximum atomic E-state index is 13.7. The van der Waals surface area contributed by atoms with E-state index < -0.39 is 17.6 Å². The molecule has 0 atom stereocenters. The summed E-state index contributed by atoms with van der Waals surface area (Å²) in [7, 11) is 3.82. The van der Waals surface area contributed by atoms with Crippen molar-refractivity contribution in [3.8, 4) is 0 Å². The molecule has 10 nitrogen and oxygen atoms in total. The summed E-state index contributed by atoms with van der Waals surface area (Å²) in [6.07, 6.45) is -0.967. The lowest BCUT2D eigenvalue weighted by Gasteiger charge is -2.33. The third kappa shape index (κ3) is 5.54. The van der Waals surface area contributed by atoms with Gasteiger partial charge in [0.25, 0.3) is 5.91 Å². The molecule has 1 aromatic carbocycles. The van der Waals surface area contributed by atoms with Crippen molar-refractivity contribution in [2.75, 3.05) is 48.5 Å². The Hall–Kier alpha value is -4.10. The zero-order chi connectivity index (χ0) is 27.9. The molecular weight excluding hydrogens is 511 g/mol. The molecule has 0 unspecified atom stereocenters. The van der Waals surface area contributed by atoms with Crippen LogP contribution < -0.4 is 26.2 Å². The van der Waals surface area contributed by atoms with Crippen LogP contribution >= 0.6 is 0 Å². The molecule has 2 aliphatic heterocycles. The Morgan fingerprint density at radius 1 is 1.05 bits per heavy atom. The number of nitrogens with one attached hydrogen (secondary N) is 3.